The van der Waals surface area contributed by atoms with Crippen molar-refractivity contribution in [1.29, 1.82) is 0 Å². The quantitative estimate of drug-likeness (QED) is 0.297. The molecule has 0 unspecified atom stereocenters. The van der Waals surface area contributed by atoms with E-state index in [0.717, 1.165) is 21.4 Å². The molecule has 0 aliphatic carbocycles. The van der Waals surface area contributed by atoms with E-state index < -0.39 is 5.97 Å². The molecular weight excluding hydrogens is 455 g/mol. The minimum absolute atomic E-state index is 0. The second-order valence-corrected chi connectivity index (χ2v) is 8.31. The normalized spacial score (nSPS) is 10.6. The van der Waals surface area contributed by atoms with Gasteiger partial charge in [-0.25, -0.2) is 14.2 Å². The second kappa shape index (κ2) is 11.0. The van der Waals surface area contributed by atoms with Crippen LogP contribution in [0, 0.1) is 12.7 Å². The highest BCUT2D eigenvalue weighted by Gasteiger charge is 2.18. The van der Waals surface area contributed by atoms with Crippen molar-refractivity contribution in [3.63, 3.8) is 0 Å². The average molecular weight is 483 g/mol. The van der Waals surface area contributed by atoms with Crippen LogP contribution in [0.15, 0.2) is 54.0 Å². The van der Waals surface area contributed by atoms with Crippen LogP contribution in [-0.4, -0.2) is 17.6 Å². The van der Waals surface area contributed by atoms with E-state index in [1.807, 2.05) is 24.4 Å². The summed E-state index contributed by atoms with van der Waals surface area (Å²) < 4.78 is 31.1. The summed E-state index contributed by atoms with van der Waals surface area (Å²) in [6, 6.07) is 11.9. The average Bonchev–Trinajstić information content (AvgIpc) is 3.21. The fourth-order valence-corrected chi connectivity index (χ4v) is 4.49. The molecule has 0 saturated carbocycles. The molecule has 2 N–H and O–H groups in total. The first-order valence-corrected chi connectivity index (χ1v) is 11.3. The Balaban J connectivity index is 0.00000324. The molecular formula is C26H27FN2O4S. The number of nitrogens with two attached hydrogens (primary N) is 1. The van der Waals surface area contributed by atoms with E-state index in [9.17, 15) is 9.18 Å². The van der Waals surface area contributed by atoms with Crippen molar-refractivity contribution in [2.24, 2.45) is 0 Å². The Morgan fingerprint density at radius 2 is 1.85 bits per heavy atom. The number of fused-ring (bicyclic) bond motifs is 1. The number of nitrogens with zero attached hydrogens (tertiary/aromatic N) is 1. The molecule has 2 aromatic carbocycles. The molecule has 0 amide bonds. The SMILES string of the molecule is C.CCOC(=O)c1cnc(N)c2c(COc3cc(C)cc(OCc4cccc(F)c4)c3)csc12. The molecule has 0 bridgehead atoms. The number of halogens is 1. The zero-order valence-corrected chi connectivity index (χ0v) is 19.1. The molecule has 0 radical (unpaired) electrons. The fourth-order valence-electron chi connectivity index (χ4n) is 3.43. The highest BCUT2D eigenvalue weighted by molar-refractivity contribution is 7.17. The number of carbonyl (C=O) groups is 1. The van der Waals surface area contributed by atoms with Gasteiger partial charge in [0, 0.05) is 23.2 Å². The number of hydrogen-bond acceptors (Lipinski definition) is 7. The molecule has 0 fully saturated rings. The van der Waals surface area contributed by atoms with E-state index in [-0.39, 0.29) is 33.1 Å². The third-order valence-corrected chi connectivity index (χ3v) is 5.97. The van der Waals surface area contributed by atoms with E-state index in [1.165, 1.54) is 29.7 Å². The van der Waals surface area contributed by atoms with Crippen LogP contribution in [0.4, 0.5) is 10.2 Å². The molecule has 0 aliphatic heterocycles. The van der Waals surface area contributed by atoms with Gasteiger partial charge in [-0.3, -0.25) is 0 Å². The number of aromatic nitrogens is 1. The molecule has 4 rings (SSSR count). The summed E-state index contributed by atoms with van der Waals surface area (Å²) in [4.78, 5) is 16.4. The summed E-state index contributed by atoms with van der Waals surface area (Å²) in [7, 11) is 0. The van der Waals surface area contributed by atoms with Gasteiger partial charge in [0.2, 0.25) is 0 Å². The number of rotatable bonds is 8. The number of benzene rings is 2. The number of anilines is 1. The molecule has 178 valence electrons. The molecule has 2 heterocycles. The van der Waals surface area contributed by atoms with E-state index in [4.69, 9.17) is 19.9 Å². The van der Waals surface area contributed by atoms with Gasteiger partial charge in [-0.15, -0.1) is 11.3 Å². The first kappa shape index (κ1) is 25.0. The lowest BCUT2D eigenvalue weighted by atomic mass is 10.1. The van der Waals surface area contributed by atoms with Crippen LogP contribution in [0.3, 0.4) is 0 Å². The van der Waals surface area contributed by atoms with Gasteiger partial charge < -0.3 is 19.9 Å². The van der Waals surface area contributed by atoms with Gasteiger partial charge in [-0.2, -0.15) is 0 Å². The number of esters is 1. The summed E-state index contributed by atoms with van der Waals surface area (Å²) in [5.74, 6) is 0.850. The lowest BCUT2D eigenvalue weighted by Gasteiger charge is -2.12. The zero-order valence-electron chi connectivity index (χ0n) is 18.3. The largest absolute Gasteiger partial charge is 0.489 e. The minimum atomic E-state index is -0.428. The van der Waals surface area contributed by atoms with Gasteiger partial charge in [0.25, 0.3) is 0 Å². The maximum atomic E-state index is 13.4. The number of carbonyl (C=O) groups excluding carboxylic acids is 1. The fraction of sp³-hybridized carbons (Fsp3) is 0.231. The minimum Gasteiger partial charge on any atom is -0.489 e. The van der Waals surface area contributed by atoms with Crippen molar-refractivity contribution >= 4 is 33.2 Å². The van der Waals surface area contributed by atoms with Crippen LogP contribution in [0.2, 0.25) is 0 Å². The Morgan fingerprint density at radius 3 is 2.56 bits per heavy atom. The first-order valence-electron chi connectivity index (χ1n) is 10.4. The molecule has 0 aliphatic rings. The number of pyridine rings is 1. The van der Waals surface area contributed by atoms with Crippen LogP contribution >= 0.6 is 11.3 Å². The van der Waals surface area contributed by atoms with Gasteiger partial charge in [-0.1, -0.05) is 19.6 Å². The molecule has 8 heteroatoms. The lowest BCUT2D eigenvalue weighted by Crippen LogP contribution is -2.06. The van der Waals surface area contributed by atoms with Gasteiger partial charge in [0.15, 0.2) is 0 Å². The zero-order chi connectivity index (χ0) is 23.4. The van der Waals surface area contributed by atoms with Crippen molar-refractivity contribution in [3.8, 4) is 11.5 Å². The summed E-state index contributed by atoms with van der Waals surface area (Å²) in [5.41, 5.74) is 9.03. The maximum Gasteiger partial charge on any atom is 0.341 e. The van der Waals surface area contributed by atoms with Crippen LogP contribution in [0.25, 0.3) is 10.1 Å². The Morgan fingerprint density at radius 1 is 1.12 bits per heavy atom. The molecule has 4 aromatic rings. The molecule has 34 heavy (non-hydrogen) atoms. The highest BCUT2D eigenvalue weighted by atomic mass is 32.1. The number of aryl methyl sites for hydroxylation is 1. The summed E-state index contributed by atoms with van der Waals surface area (Å²) in [5, 5.41) is 2.60. The van der Waals surface area contributed by atoms with Crippen molar-refractivity contribution < 1.29 is 23.4 Å². The summed E-state index contributed by atoms with van der Waals surface area (Å²) >= 11 is 1.40. The van der Waals surface area contributed by atoms with Crippen LogP contribution in [0.5, 0.6) is 11.5 Å². The Hall–Kier alpha value is -3.65. The summed E-state index contributed by atoms with van der Waals surface area (Å²) in [6.45, 7) is 4.46. The van der Waals surface area contributed by atoms with Crippen LogP contribution in [-0.2, 0) is 18.0 Å². The van der Waals surface area contributed by atoms with Crippen molar-refractivity contribution in [2.45, 2.75) is 34.5 Å². The second-order valence-electron chi connectivity index (χ2n) is 7.43. The van der Waals surface area contributed by atoms with Crippen molar-refractivity contribution in [1.82, 2.24) is 4.98 Å². The number of thiophene rings is 1. The van der Waals surface area contributed by atoms with Gasteiger partial charge in [0.05, 0.1) is 16.9 Å². The maximum absolute atomic E-state index is 13.4. The van der Waals surface area contributed by atoms with E-state index in [1.54, 1.807) is 25.1 Å². The van der Waals surface area contributed by atoms with E-state index in [0.29, 0.717) is 28.3 Å². The predicted molar refractivity (Wildman–Crippen MR) is 133 cm³/mol. The standard InChI is InChI=1S/C25H23FN2O4S.CH4/c1-3-30-25(29)21-11-28-24(27)22-17(14-33-23(21)22)13-32-20-8-15(2)7-19(10-20)31-12-16-5-4-6-18(26)9-16;/h4-11,14H,3,12-13H2,1-2H3,(H2,27,28);1H4. The Labute approximate surface area is 202 Å². The monoisotopic (exact) mass is 482 g/mol. The van der Waals surface area contributed by atoms with Gasteiger partial charge in [-0.05, 0) is 54.6 Å². The molecule has 2 aromatic heterocycles. The predicted octanol–water partition coefficient (Wildman–Crippen LogP) is 6.30. The van der Waals surface area contributed by atoms with E-state index in [2.05, 4.69) is 4.98 Å². The lowest BCUT2D eigenvalue weighted by molar-refractivity contribution is 0.0528. The van der Waals surface area contributed by atoms with Gasteiger partial charge in [0.1, 0.15) is 36.3 Å². The van der Waals surface area contributed by atoms with Crippen molar-refractivity contribution in [3.05, 3.63) is 82.1 Å². The molecule has 0 atom stereocenters. The topological polar surface area (TPSA) is 83.7 Å². The molecule has 0 spiro atoms. The van der Waals surface area contributed by atoms with Crippen LogP contribution in [0.1, 0.15) is 41.4 Å². The number of ether oxygens (including phenoxy) is 3. The van der Waals surface area contributed by atoms with Crippen LogP contribution < -0.4 is 15.2 Å². The van der Waals surface area contributed by atoms with Gasteiger partial charge >= 0.3 is 5.97 Å². The van der Waals surface area contributed by atoms with Crippen molar-refractivity contribution in [2.75, 3.05) is 12.3 Å². The first-order chi connectivity index (χ1) is 15.9. The third kappa shape index (κ3) is 5.63. The molecule has 6 nitrogen and oxygen atoms in total. The smallest absolute Gasteiger partial charge is 0.341 e. The highest BCUT2D eigenvalue weighted by Crippen LogP contribution is 2.34. The third-order valence-electron chi connectivity index (χ3n) is 4.91. The summed E-state index contributed by atoms with van der Waals surface area (Å²) in [6.07, 6.45) is 1.44. The Kier molecular flexibility index (Phi) is 8.07. The molecule has 0 saturated heterocycles. The Bertz CT molecular complexity index is 1310. The van der Waals surface area contributed by atoms with E-state index >= 15 is 0 Å². The number of hydrogen-bond donors (Lipinski definition) is 1. The number of nitrogen functional groups attached to an aromatic ring is 1.